The molecule has 3 aliphatic rings. The van der Waals surface area contributed by atoms with Crippen molar-refractivity contribution in [3.63, 3.8) is 0 Å². The Morgan fingerprint density at radius 2 is 1.79 bits per heavy atom. The van der Waals surface area contributed by atoms with E-state index in [0.29, 0.717) is 12.5 Å². The second-order valence-corrected chi connectivity index (χ2v) is 9.79. The minimum atomic E-state index is -0.298. The molecule has 0 aromatic heterocycles. The monoisotopic (exact) mass is 411 g/mol. The van der Waals surface area contributed by atoms with Crippen molar-refractivity contribution in [2.75, 3.05) is 37.7 Å². The summed E-state index contributed by atoms with van der Waals surface area (Å²) in [5, 5.41) is 0. The van der Waals surface area contributed by atoms with Crippen molar-refractivity contribution in [2.24, 2.45) is 11.7 Å². The lowest BCUT2D eigenvalue weighted by molar-refractivity contribution is -0.0256. The Balaban J connectivity index is 1.16. The topological polar surface area (TPSA) is 51.0 Å². The van der Waals surface area contributed by atoms with Gasteiger partial charge in [-0.05, 0) is 63.0 Å². The number of nitrogens with two attached hydrogens (primary N) is 1. The van der Waals surface area contributed by atoms with Crippen molar-refractivity contribution >= 4 is 17.4 Å². The van der Waals surface area contributed by atoms with Gasteiger partial charge >= 0.3 is 0 Å². The summed E-state index contributed by atoms with van der Waals surface area (Å²) in [7, 11) is 0. The Kier molecular flexibility index (Phi) is 5.10. The summed E-state index contributed by atoms with van der Waals surface area (Å²) in [6.45, 7) is 6.90. The molecule has 5 rings (SSSR count). The van der Waals surface area contributed by atoms with E-state index in [4.69, 9.17) is 15.2 Å². The number of hydrogen-bond acceptors (Lipinski definition) is 6. The van der Waals surface area contributed by atoms with Crippen LogP contribution in [0.15, 0.2) is 53.4 Å². The maximum absolute atomic E-state index is 6.40. The van der Waals surface area contributed by atoms with Crippen LogP contribution in [0.5, 0.6) is 11.5 Å². The number of fused-ring (bicyclic) bond motifs is 2. The third kappa shape index (κ3) is 3.93. The minimum absolute atomic E-state index is 0.0391. The molecule has 0 bridgehead atoms. The van der Waals surface area contributed by atoms with E-state index in [1.165, 1.54) is 23.4 Å². The Bertz CT molecular complexity index is 871. The molecule has 0 radical (unpaired) electrons. The lowest BCUT2D eigenvalue weighted by Crippen LogP contribution is -2.53. The van der Waals surface area contributed by atoms with Gasteiger partial charge in [-0.3, -0.25) is 4.90 Å². The fourth-order valence-electron chi connectivity index (χ4n) is 4.66. The van der Waals surface area contributed by atoms with E-state index >= 15 is 0 Å². The number of hydrogen-bond donors (Lipinski definition) is 1. The van der Waals surface area contributed by atoms with Gasteiger partial charge in [-0.1, -0.05) is 36.0 Å². The van der Waals surface area contributed by atoms with Gasteiger partial charge in [0.2, 0.25) is 0 Å². The molecule has 2 N–H and O–H groups in total. The molecule has 1 saturated heterocycles. The van der Waals surface area contributed by atoms with E-state index in [1.807, 2.05) is 24.3 Å². The van der Waals surface area contributed by atoms with Crippen molar-refractivity contribution in [3.8, 4) is 11.5 Å². The molecule has 2 atom stereocenters. The third-order valence-corrected chi connectivity index (χ3v) is 7.28. The van der Waals surface area contributed by atoms with E-state index in [1.54, 1.807) is 11.8 Å². The number of piperidine rings is 1. The molecule has 3 heterocycles. The van der Waals surface area contributed by atoms with Crippen LogP contribution in [0, 0.1) is 5.92 Å². The Labute approximate surface area is 177 Å². The average Bonchev–Trinajstić information content (AvgIpc) is 3.04. The van der Waals surface area contributed by atoms with Gasteiger partial charge < -0.3 is 20.1 Å². The summed E-state index contributed by atoms with van der Waals surface area (Å²) in [6.07, 6.45) is 2.40. The predicted molar refractivity (Wildman–Crippen MR) is 118 cm³/mol. The second kappa shape index (κ2) is 7.74. The zero-order chi connectivity index (χ0) is 19.8. The SMILES string of the molecule is CC1(CN2CCC(CN3c4ccccc4SC3N)CC2)COc2ccccc2O1. The van der Waals surface area contributed by atoms with Crippen molar-refractivity contribution < 1.29 is 9.47 Å². The normalized spacial score (nSPS) is 27.1. The van der Waals surface area contributed by atoms with E-state index in [2.05, 4.69) is 41.0 Å². The summed E-state index contributed by atoms with van der Waals surface area (Å²) in [4.78, 5) is 6.22. The highest BCUT2D eigenvalue weighted by Crippen LogP contribution is 2.42. The Hall–Kier alpha value is -1.89. The largest absolute Gasteiger partial charge is 0.485 e. The molecule has 0 saturated carbocycles. The van der Waals surface area contributed by atoms with Gasteiger partial charge in [0.1, 0.15) is 12.1 Å². The number of nitrogens with zero attached hydrogens (tertiary/aromatic N) is 2. The smallest absolute Gasteiger partial charge is 0.162 e. The zero-order valence-corrected chi connectivity index (χ0v) is 17.7. The van der Waals surface area contributed by atoms with E-state index < -0.39 is 0 Å². The number of ether oxygens (including phenoxy) is 2. The van der Waals surface area contributed by atoms with Gasteiger partial charge in [-0.25, -0.2) is 0 Å². The zero-order valence-electron chi connectivity index (χ0n) is 16.9. The number of likely N-dealkylation sites (tertiary alicyclic amines) is 1. The minimum Gasteiger partial charge on any atom is -0.485 e. The standard InChI is InChI=1S/C23H29N3O2S/c1-23(16-27-19-7-3-4-8-20(19)28-23)15-25-12-10-17(11-13-25)14-26-18-6-2-5-9-21(18)29-22(26)24/h2-9,17,22H,10-16,24H2,1H3. The Morgan fingerprint density at radius 1 is 1.07 bits per heavy atom. The van der Waals surface area contributed by atoms with Crippen molar-refractivity contribution in [3.05, 3.63) is 48.5 Å². The van der Waals surface area contributed by atoms with Crippen LogP contribution in [0.4, 0.5) is 5.69 Å². The van der Waals surface area contributed by atoms with Gasteiger partial charge in [0.25, 0.3) is 0 Å². The number of para-hydroxylation sites is 3. The summed E-state index contributed by atoms with van der Waals surface area (Å²) >= 11 is 1.77. The molecule has 29 heavy (non-hydrogen) atoms. The lowest BCUT2D eigenvalue weighted by atomic mass is 9.94. The molecule has 0 aliphatic carbocycles. The fraction of sp³-hybridized carbons (Fsp3) is 0.478. The quantitative estimate of drug-likeness (QED) is 0.826. The molecule has 2 unspecified atom stereocenters. The molecule has 0 amide bonds. The summed E-state index contributed by atoms with van der Waals surface area (Å²) in [5.41, 5.74) is 7.44. The van der Waals surface area contributed by atoms with Crippen LogP contribution >= 0.6 is 11.8 Å². The molecule has 3 aliphatic heterocycles. The fourth-order valence-corrected chi connectivity index (χ4v) is 5.71. The Morgan fingerprint density at radius 3 is 2.62 bits per heavy atom. The van der Waals surface area contributed by atoms with Crippen LogP contribution in [0.3, 0.4) is 0 Å². The summed E-state index contributed by atoms with van der Waals surface area (Å²) in [5.74, 6) is 2.39. The first-order valence-corrected chi connectivity index (χ1v) is 11.4. The van der Waals surface area contributed by atoms with Crippen LogP contribution in [-0.2, 0) is 0 Å². The van der Waals surface area contributed by atoms with E-state index in [-0.39, 0.29) is 11.1 Å². The maximum Gasteiger partial charge on any atom is 0.162 e. The number of rotatable bonds is 4. The summed E-state index contributed by atoms with van der Waals surface area (Å²) < 4.78 is 12.3. The molecule has 6 heteroatoms. The third-order valence-electron chi connectivity index (χ3n) is 6.19. The van der Waals surface area contributed by atoms with Crippen molar-refractivity contribution in [1.82, 2.24) is 4.90 Å². The molecule has 2 aromatic carbocycles. The highest BCUT2D eigenvalue weighted by Gasteiger charge is 2.36. The summed E-state index contributed by atoms with van der Waals surface area (Å²) in [6, 6.07) is 16.5. The highest BCUT2D eigenvalue weighted by molar-refractivity contribution is 8.00. The first kappa shape index (κ1) is 19.1. The van der Waals surface area contributed by atoms with Crippen LogP contribution < -0.4 is 20.1 Å². The van der Waals surface area contributed by atoms with Crippen molar-refractivity contribution in [1.29, 1.82) is 0 Å². The van der Waals surface area contributed by atoms with Crippen LogP contribution in [0.2, 0.25) is 0 Å². The first-order chi connectivity index (χ1) is 14.1. The average molecular weight is 412 g/mol. The maximum atomic E-state index is 6.40. The molecule has 2 aromatic rings. The van der Waals surface area contributed by atoms with Gasteiger partial charge in [-0.15, -0.1) is 0 Å². The number of benzene rings is 2. The predicted octanol–water partition coefficient (Wildman–Crippen LogP) is 3.78. The molecular weight excluding hydrogens is 382 g/mol. The number of anilines is 1. The highest BCUT2D eigenvalue weighted by atomic mass is 32.2. The van der Waals surface area contributed by atoms with Gasteiger partial charge in [0, 0.05) is 18.0 Å². The first-order valence-electron chi connectivity index (χ1n) is 10.5. The van der Waals surface area contributed by atoms with Gasteiger partial charge in [0.05, 0.1) is 5.69 Å². The van der Waals surface area contributed by atoms with Gasteiger partial charge in [0.15, 0.2) is 17.1 Å². The number of thioether (sulfide) groups is 1. The lowest BCUT2D eigenvalue weighted by Gasteiger charge is -2.41. The molecule has 0 spiro atoms. The van der Waals surface area contributed by atoms with Crippen molar-refractivity contribution in [2.45, 2.75) is 35.8 Å². The van der Waals surface area contributed by atoms with Crippen LogP contribution in [0.1, 0.15) is 19.8 Å². The second-order valence-electron chi connectivity index (χ2n) is 8.64. The van der Waals surface area contributed by atoms with Crippen LogP contribution in [-0.4, -0.2) is 48.8 Å². The molecule has 154 valence electrons. The van der Waals surface area contributed by atoms with Crippen LogP contribution in [0.25, 0.3) is 0 Å². The molecular formula is C23H29N3O2S. The van der Waals surface area contributed by atoms with E-state index in [0.717, 1.165) is 37.7 Å². The van der Waals surface area contributed by atoms with E-state index in [9.17, 15) is 0 Å². The molecule has 1 fully saturated rings. The van der Waals surface area contributed by atoms with Gasteiger partial charge in [-0.2, -0.15) is 0 Å². The molecule has 5 nitrogen and oxygen atoms in total.